The molecule has 3 rings (SSSR count). The third kappa shape index (κ3) is 3.91. The first-order chi connectivity index (χ1) is 10.0. The number of carbonyl (C=O) groups is 2. The summed E-state index contributed by atoms with van der Waals surface area (Å²) in [4.78, 5) is 20.2. The van der Waals surface area contributed by atoms with Crippen molar-refractivity contribution >= 4 is 12.3 Å². The van der Waals surface area contributed by atoms with Crippen molar-refractivity contribution in [1.82, 2.24) is 0 Å². The average molecular weight is 290 g/mol. The molecule has 2 bridgehead atoms. The van der Waals surface area contributed by atoms with E-state index in [4.69, 9.17) is 14.6 Å². The van der Waals surface area contributed by atoms with Gasteiger partial charge in [-0.15, -0.1) is 0 Å². The number of rotatable bonds is 3. The van der Waals surface area contributed by atoms with Crippen LogP contribution in [0.3, 0.4) is 0 Å². The van der Waals surface area contributed by atoms with Gasteiger partial charge in [0, 0.05) is 18.8 Å². The lowest BCUT2D eigenvalue weighted by atomic mass is 9.77. The van der Waals surface area contributed by atoms with Crippen molar-refractivity contribution < 1.29 is 19.4 Å². The molecule has 1 aromatic carbocycles. The topological polar surface area (TPSA) is 63.6 Å². The number of carboxylic acids is 1. The Bertz CT molecular complexity index is 507. The van der Waals surface area contributed by atoms with Gasteiger partial charge in [0.2, 0.25) is 0 Å². The van der Waals surface area contributed by atoms with Gasteiger partial charge in [-0.25, -0.2) is 0 Å². The first-order valence-electron chi connectivity index (χ1n) is 7.37. The smallest absolute Gasteiger partial charge is 0.300 e. The number of hydrogen-bond donors (Lipinski definition) is 1. The van der Waals surface area contributed by atoms with Crippen molar-refractivity contribution in [3.05, 3.63) is 35.4 Å². The van der Waals surface area contributed by atoms with E-state index >= 15 is 0 Å². The molecule has 0 aromatic heterocycles. The number of aldehydes is 1. The number of aliphatic carboxylic acids is 1. The second kappa shape index (κ2) is 6.85. The third-order valence-electron chi connectivity index (χ3n) is 4.20. The summed E-state index contributed by atoms with van der Waals surface area (Å²) >= 11 is 0. The van der Waals surface area contributed by atoms with Crippen LogP contribution in [0.25, 0.3) is 0 Å². The van der Waals surface area contributed by atoms with Gasteiger partial charge in [0.15, 0.2) is 0 Å². The van der Waals surface area contributed by atoms with Crippen LogP contribution in [0, 0.1) is 18.8 Å². The molecule has 4 nitrogen and oxygen atoms in total. The fraction of sp³-hybridized carbons (Fsp3) is 0.529. The van der Waals surface area contributed by atoms with Crippen LogP contribution in [-0.4, -0.2) is 29.6 Å². The zero-order chi connectivity index (χ0) is 15.4. The molecule has 4 atom stereocenters. The summed E-state index contributed by atoms with van der Waals surface area (Å²) in [5, 5.41) is 7.42. The first kappa shape index (κ1) is 15.7. The first-order valence-corrected chi connectivity index (χ1v) is 7.37. The lowest BCUT2D eigenvalue weighted by Crippen LogP contribution is -2.29. The normalized spacial score (nSPS) is 29.6. The molecule has 1 aromatic rings. The Morgan fingerprint density at radius 3 is 2.67 bits per heavy atom. The summed E-state index contributed by atoms with van der Waals surface area (Å²) < 4.78 is 5.86. The number of carbonyl (C=O) groups excluding carboxylic acids is 1. The minimum Gasteiger partial charge on any atom is -0.481 e. The molecule has 1 unspecified atom stereocenters. The van der Waals surface area contributed by atoms with E-state index in [1.165, 1.54) is 11.1 Å². The molecular weight excluding hydrogens is 268 g/mol. The van der Waals surface area contributed by atoms with Crippen molar-refractivity contribution in [2.45, 2.75) is 45.3 Å². The maximum atomic E-state index is 11.2. The molecule has 4 heteroatoms. The Morgan fingerprint density at radius 2 is 2.05 bits per heavy atom. The Morgan fingerprint density at radius 1 is 1.38 bits per heavy atom. The molecule has 0 amide bonds. The second-order valence-corrected chi connectivity index (χ2v) is 5.88. The third-order valence-corrected chi connectivity index (χ3v) is 4.20. The molecule has 21 heavy (non-hydrogen) atoms. The molecule has 0 spiro atoms. The van der Waals surface area contributed by atoms with Gasteiger partial charge in [-0.2, -0.15) is 0 Å². The molecule has 1 N–H and O–H groups in total. The second-order valence-electron chi connectivity index (χ2n) is 5.88. The SMILES string of the molecule is CC(=O)O.Cc1cccc(C[C@@H]2[C@@H]3CCC(O3)[C@@H]2C=O)c1. The molecular formula is C17H22O4. The summed E-state index contributed by atoms with van der Waals surface area (Å²) in [5.41, 5.74) is 2.62. The van der Waals surface area contributed by atoms with Crippen molar-refractivity contribution in [1.29, 1.82) is 0 Å². The van der Waals surface area contributed by atoms with E-state index in [1.54, 1.807) is 0 Å². The largest absolute Gasteiger partial charge is 0.481 e. The Labute approximate surface area is 125 Å². The summed E-state index contributed by atoms with van der Waals surface area (Å²) in [6, 6.07) is 8.57. The molecule has 0 radical (unpaired) electrons. The average Bonchev–Trinajstić information content (AvgIpc) is 2.99. The molecule has 2 fully saturated rings. The number of benzene rings is 1. The van der Waals surface area contributed by atoms with E-state index < -0.39 is 5.97 Å². The predicted octanol–water partition coefficient (Wildman–Crippen LogP) is 2.62. The summed E-state index contributed by atoms with van der Waals surface area (Å²) in [7, 11) is 0. The number of carboxylic acid groups (broad SMARTS) is 1. The van der Waals surface area contributed by atoms with Gasteiger partial charge in [-0.1, -0.05) is 29.8 Å². The number of hydrogen-bond acceptors (Lipinski definition) is 3. The van der Waals surface area contributed by atoms with Gasteiger partial charge in [-0.05, 0) is 31.7 Å². The van der Waals surface area contributed by atoms with Crippen LogP contribution in [0.5, 0.6) is 0 Å². The van der Waals surface area contributed by atoms with Gasteiger partial charge in [0.05, 0.1) is 12.2 Å². The molecule has 2 saturated heterocycles. The zero-order valence-corrected chi connectivity index (χ0v) is 12.5. The van der Waals surface area contributed by atoms with Crippen LogP contribution in [0.15, 0.2) is 24.3 Å². The van der Waals surface area contributed by atoms with E-state index in [2.05, 4.69) is 31.2 Å². The van der Waals surface area contributed by atoms with Crippen LogP contribution in [0.4, 0.5) is 0 Å². The molecule has 0 aliphatic carbocycles. The molecule has 2 aliphatic rings. The number of aryl methyl sites for hydroxylation is 1. The Balaban J connectivity index is 0.000000361. The van der Waals surface area contributed by atoms with Crippen LogP contribution in [-0.2, 0) is 20.7 Å². The molecule has 2 aliphatic heterocycles. The van der Waals surface area contributed by atoms with E-state index in [-0.39, 0.29) is 12.0 Å². The minimum atomic E-state index is -0.833. The molecule has 114 valence electrons. The minimum absolute atomic E-state index is 0.120. The Kier molecular flexibility index (Phi) is 5.12. The maximum absolute atomic E-state index is 11.2. The van der Waals surface area contributed by atoms with Gasteiger partial charge < -0.3 is 14.6 Å². The number of ether oxygens (including phenoxy) is 1. The monoisotopic (exact) mass is 290 g/mol. The van der Waals surface area contributed by atoms with Crippen LogP contribution in [0.1, 0.15) is 30.9 Å². The van der Waals surface area contributed by atoms with Gasteiger partial charge in [0.1, 0.15) is 6.29 Å². The predicted molar refractivity (Wildman–Crippen MR) is 79.1 cm³/mol. The maximum Gasteiger partial charge on any atom is 0.300 e. The molecule has 2 heterocycles. The summed E-state index contributed by atoms with van der Waals surface area (Å²) in [6.07, 6.45) is 4.81. The fourth-order valence-corrected chi connectivity index (χ4v) is 3.38. The standard InChI is InChI=1S/C15H18O2.C2H4O2/c1-10-3-2-4-11(7-10)8-12-13(9-16)15-6-5-14(12)17-15;1-2(3)4/h2-4,7,9,12-15H,5-6,8H2,1H3;1H3,(H,3,4)/t12-,13+,14-,15?;/m0./s1. The highest BCUT2D eigenvalue weighted by Gasteiger charge is 2.48. The van der Waals surface area contributed by atoms with Crippen molar-refractivity contribution in [2.75, 3.05) is 0 Å². The van der Waals surface area contributed by atoms with E-state index in [0.717, 1.165) is 32.5 Å². The van der Waals surface area contributed by atoms with Gasteiger partial charge >= 0.3 is 0 Å². The summed E-state index contributed by atoms with van der Waals surface area (Å²) in [5.74, 6) is -0.317. The van der Waals surface area contributed by atoms with Crippen LogP contribution < -0.4 is 0 Å². The quantitative estimate of drug-likeness (QED) is 0.869. The lowest BCUT2D eigenvalue weighted by molar-refractivity contribution is -0.134. The lowest BCUT2D eigenvalue weighted by Gasteiger charge is -2.23. The van der Waals surface area contributed by atoms with E-state index in [1.807, 2.05) is 0 Å². The highest BCUT2D eigenvalue weighted by molar-refractivity contribution is 5.63. The fourth-order valence-electron chi connectivity index (χ4n) is 3.38. The van der Waals surface area contributed by atoms with Crippen molar-refractivity contribution in [2.24, 2.45) is 11.8 Å². The van der Waals surface area contributed by atoms with E-state index in [9.17, 15) is 4.79 Å². The van der Waals surface area contributed by atoms with Gasteiger partial charge in [0.25, 0.3) is 5.97 Å². The number of fused-ring (bicyclic) bond motifs is 2. The van der Waals surface area contributed by atoms with Gasteiger partial charge in [-0.3, -0.25) is 4.79 Å². The van der Waals surface area contributed by atoms with E-state index in [0.29, 0.717) is 12.0 Å². The Hall–Kier alpha value is -1.68. The van der Waals surface area contributed by atoms with Crippen molar-refractivity contribution in [3.8, 4) is 0 Å². The zero-order valence-electron chi connectivity index (χ0n) is 12.5. The van der Waals surface area contributed by atoms with Crippen LogP contribution in [0.2, 0.25) is 0 Å². The highest BCUT2D eigenvalue weighted by Crippen LogP contribution is 2.43. The molecule has 0 saturated carbocycles. The highest BCUT2D eigenvalue weighted by atomic mass is 16.5. The van der Waals surface area contributed by atoms with Crippen LogP contribution >= 0.6 is 0 Å². The summed E-state index contributed by atoms with van der Waals surface area (Å²) in [6.45, 7) is 3.19. The van der Waals surface area contributed by atoms with Crippen molar-refractivity contribution in [3.63, 3.8) is 0 Å².